The zero-order valence-corrected chi connectivity index (χ0v) is 12.3. The van der Waals surface area contributed by atoms with Crippen molar-refractivity contribution in [3.63, 3.8) is 0 Å². The number of hydrogen-bond acceptors (Lipinski definition) is 3. The van der Waals surface area contributed by atoms with Gasteiger partial charge in [-0.1, -0.05) is 18.2 Å². The standard InChI is InChI=1S/C17H18N2O3/c1-2-22-15-10-8-14(9-11-15)19-16(20)12-18-17(21)13-6-4-3-5-7-13/h3-11H,2,12H2,1H3,(H,18,21)(H,19,20). The smallest absolute Gasteiger partial charge is 0.251 e. The maximum atomic E-state index is 11.8. The number of amides is 2. The van der Waals surface area contributed by atoms with E-state index in [4.69, 9.17) is 4.74 Å². The second-order valence-electron chi connectivity index (χ2n) is 4.55. The van der Waals surface area contributed by atoms with E-state index in [1.807, 2.05) is 13.0 Å². The molecule has 0 unspecified atom stereocenters. The Labute approximate surface area is 129 Å². The van der Waals surface area contributed by atoms with E-state index in [1.54, 1.807) is 48.5 Å². The van der Waals surface area contributed by atoms with Gasteiger partial charge in [-0.05, 0) is 43.3 Å². The highest BCUT2D eigenvalue weighted by atomic mass is 16.5. The average Bonchev–Trinajstić information content (AvgIpc) is 2.55. The third-order valence-corrected chi connectivity index (χ3v) is 2.89. The lowest BCUT2D eigenvalue weighted by atomic mass is 10.2. The van der Waals surface area contributed by atoms with E-state index in [9.17, 15) is 9.59 Å². The van der Waals surface area contributed by atoms with Crippen LogP contribution in [0.15, 0.2) is 54.6 Å². The van der Waals surface area contributed by atoms with Crippen LogP contribution in [0.3, 0.4) is 0 Å². The van der Waals surface area contributed by atoms with Gasteiger partial charge >= 0.3 is 0 Å². The van der Waals surface area contributed by atoms with Crippen LogP contribution in [0.25, 0.3) is 0 Å². The van der Waals surface area contributed by atoms with Crippen LogP contribution in [-0.4, -0.2) is 25.0 Å². The lowest BCUT2D eigenvalue weighted by Gasteiger charge is -2.08. The first-order chi connectivity index (χ1) is 10.7. The van der Waals surface area contributed by atoms with Gasteiger partial charge in [-0.3, -0.25) is 9.59 Å². The van der Waals surface area contributed by atoms with E-state index in [2.05, 4.69) is 10.6 Å². The summed E-state index contributed by atoms with van der Waals surface area (Å²) < 4.78 is 5.32. The summed E-state index contributed by atoms with van der Waals surface area (Å²) in [6.07, 6.45) is 0. The highest BCUT2D eigenvalue weighted by molar-refractivity contribution is 5.99. The average molecular weight is 298 g/mol. The van der Waals surface area contributed by atoms with Crippen LogP contribution in [0.4, 0.5) is 5.69 Å². The zero-order chi connectivity index (χ0) is 15.8. The van der Waals surface area contributed by atoms with Crippen LogP contribution in [0.2, 0.25) is 0 Å². The Morgan fingerprint density at radius 1 is 1.00 bits per heavy atom. The number of nitrogens with one attached hydrogen (secondary N) is 2. The minimum atomic E-state index is -0.284. The monoisotopic (exact) mass is 298 g/mol. The largest absolute Gasteiger partial charge is 0.494 e. The van der Waals surface area contributed by atoms with Gasteiger partial charge in [0.2, 0.25) is 5.91 Å². The minimum absolute atomic E-state index is 0.0824. The normalized spacial score (nSPS) is 9.86. The molecule has 0 aliphatic carbocycles. The number of rotatable bonds is 6. The van der Waals surface area contributed by atoms with Crippen LogP contribution in [-0.2, 0) is 4.79 Å². The fourth-order valence-corrected chi connectivity index (χ4v) is 1.86. The molecule has 0 saturated carbocycles. The number of ether oxygens (including phenoxy) is 1. The molecular formula is C17H18N2O3. The third kappa shape index (κ3) is 4.63. The molecular weight excluding hydrogens is 280 g/mol. The van der Waals surface area contributed by atoms with Crippen molar-refractivity contribution >= 4 is 17.5 Å². The van der Waals surface area contributed by atoms with Crippen molar-refractivity contribution in [2.24, 2.45) is 0 Å². The fraction of sp³-hybridized carbons (Fsp3) is 0.176. The summed E-state index contributed by atoms with van der Waals surface area (Å²) in [4.78, 5) is 23.6. The Hall–Kier alpha value is -2.82. The molecule has 0 saturated heterocycles. The van der Waals surface area contributed by atoms with E-state index in [-0.39, 0.29) is 18.4 Å². The van der Waals surface area contributed by atoms with Crippen molar-refractivity contribution in [3.05, 3.63) is 60.2 Å². The molecule has 2 amide bonds. The molecule has 0 atom stereocenters. The molecule has 0 aliphatic heterocycles. The molecule has 0 radical (unpaired) electrons. The Morgan fingerprint density at radius 2 is 1.68 bits per heavy atom. The first-order valence-electron chi connectivity index (χ1n) is 7.05. The second-order valence-corrected chi connectivity index (χ2v) is 4.55. The molecule has 0 aromatic heterocycles. The number of carbonyl (C=O) groups is 2. The Bertz CT molecular complexity index is 624. The van der Waals surface area contributed by atoms with E-state index >= 15 is 0 Å². The first-order valence-corrected chi connectivity index (χ1v) is 7.05. The molecule has 0 spiro atoms. The van der Waals surface area contributed by atoms with Crippen molar-refractivity contribution in [1.29, 1.82) is 0 Å². The van der Waals surface area contributed by atoms with E-state index in [0.717, 1.165) is 5.75 Å². The molecule has 0 aliphatic rings. The summed E-state index contributed by atoms with van der Waals surface area (Å²) in [7, 11) is 0. The Balaban J connectivity index is 1.81. The number of carbonyl (C=O) groups excluding carboxylic acids is 2. The molecule has 0 fully saturated rings. The number of benzene rings is 2. The van der Waals surface area contributed by atoms with Crippen LogP contribution in [0.5, 0.6) is 5.75 Å². The van der Waals surface area contributed by atoms with Crippen LogP contribution >= 0.6 is 0 Å². The van der Waals surface area contributed by atoms with Crippen molar-refractivity contribution in [1.82, 2.24) is 5.32 Å². The molecule has 5 heteroatoms. The van der Waals surface area contributed by atoms with Gasteiger partial charge in [0.05, 0.1) is 13.2 Å². The fourth-order valence-electron chi connectivity index (χ4n) is 1.86. The SMILES string of the molecule is CCOc1ccc(NC(=O)CNC(=O)c2ccccc2)cc1. The van der Waals surface area contributed by atoms with Crippen molar-refractivity contribution in [2.75, 3.05) is 18.5 Å². The molecule has 5 nitrogen and oxygen atoms in total. The molecule has 22 heavy (non-hydrogen) atoms. The van der Waals surface area contributed by atoms with Gasteiger partial charge in [-0.2, -0.15) is 0 Å². The summed E-state index contributed by atoms with van der Waals surface area (Å²) in [5.74, 6) is 0.189. The van der Waals surface area contributed by atoms with Gasteiger partial charge in [-0.25, -0.2) is 0 Å². The predicted octanol–water partition coefficient (Wildman–Crippen LogP) is 2.45. The van der Waals surface area contributed by atoms with Crippen LogP contribution in [0.1, 0.15) is 17.3 Å². The molecule has 2 aromatic carbocycles. The number of hydrogen-bond donors (Lipinski definition) is 2. The summed E-state index contributed by atoms with van der Waals surface area (Å²) in [5.41, 5.74) is 1.18. The minimum Gasteiger partial charge on any atom is -0.494 e. The topological polar surface area (TPSA) is 67.4 Å². The summed E-state index contributed by atoms with van der Waals surface area (Å²) in [5, 5.41) is 5.28. The highest BCUT2D eigenvalue weighted by Gasteiger charge is 2.07. The molecule has 0 heterocycles. The van der Waals surface area contributed by atoms with Gasteiger partial charge in [-0.15, -0.1) is 0 Å². The van der Waals surface area contributed by atoms with Crippen molar-refractivity contribution in [2.45, 2.75) is 6.92 Å². The maximum Gasteiger partial charge on any atom is 0.251 e. The van der Waals surface area contributed by atoms with E-state index < -0.39 is 0 Å². The first kappa shape index (κ1) is 15.6. The zero-order valence-electron chi connectivity index (χ0n) is 12.3. The van der Waals surface area contributed by atoms with Gasteiger partial charge in [0.25, 0.3) is 5.91 Å². The van der Waals surface area contributed by atoms with Crippen molar-refractivity contribution < 1.29 is 14.3 Å². The Kier molecular flexibility index (Phi) is 5.54. The quantitative estimate of drug-likeness (QED) is 0.861. The highest BCUT2D eigenvalue weighted by Crippen LogP contribution is 2.15. The molecule has 2 rings (SSSR count). The second kappa shape index (κ2) is 7.83. The summed E-state index contributed by atoms with van der Waals surface area (Å²) in [6, 6.07) is 15.8. The lowest BCUT2D eigenvalue weighted by Crippen LogP contribution is -2.32. The van der Waals surface area contributed by atoms with E-state index in [1.165, 1.54) is 0 Å². The van der Waals surface area contributed by atoms with Crippen LogP contribution in [0, 0.1) is 0 Å². The van der Waals surface area contributed by atoms with Crippen LogP contribution < -0.4 is 15.4 Å². The summed E-state index contributed by atoms with van der Waals surface area (Å²) in [6.45, 7) is 2.42. The predicted molar refractivity (Wildman–Crippen MR) is 85.0 cm³/mol. The Morgan fingerprint density at radius 3 is 2.32 bits per heavy atom. The molecule has 114 valence electrons. The van der Waals surface area contributed by atoms with Gasteiger partial charge in [0.1, 0.15) is 5.75 Å². The van der Waals surface area contributed by atoms with Gasteiger partial charge in [0.15, 0.2) is 0 Å². The molecule has 2 N–H and O–H groups in total. The molecule has 0 bridgehead atoms. The van der Waals surface area contributed by atoms with Gasteiger partial charge < -0.3 is 15.4 Å². The maximum absolute atomic E-state index is 11.8. The van der Waals surface area contributed by atoms with E-state index in [0.29, 0.717) is 17.9 Å². The lowest BCUT2D eigenvalue weighted by molar-refractivity contribution is -0.115. The number of anilines is 1. The van der Waals surface area contributed by atoms with Crippen molar-refractivity contribution in [3.8, 4) is 5.75 Å². The third-order valence-electron chi connectivity index (χ3n) is 2.89. The summed E-state index contributed by atoms with van der Waals surface area (Å²) >= 11 is 0. The van der Waals surface area contributed by atoms with Gasteiger partial charge in [0, 0.05) is 11.3 Å². The molecule has 2 aromatic rings.